The summed E-state index contributed by atoms with van der Waals surface area (Å²) < 4.78 is 25.8. The first-order chi connectivity index (χ1) is 7.51. The number of rotatable bonds is 2. The first-order valence-corrected chi connectivity index (χ1v) is 6.19. The zero-order valence-corrected chi connectivity index (χ0v) is 9.27. The van der Waals surface area contributed by atoms with Gasteiger partial charge in [0.05, 0.1) is 0 Å². The summed E-state index contributed by atoms with van der Waals surface area (Å²) in [6, 6.07) is 0.363. The van der Waals surface area contributed by atoms with E-state index in [-0.39, 0.29) is 24.7 Å². The predicted molar refractivity (Wildman–Crippen MR) is 55.1 cm³/mol. The van der Waals surface area contributed by atoms with E-state index in [9.17, 15) is 13.6 Å². The maximum Gasteiger partial charge on any atom is 0.248 e. The van der Waals surface area contributed by atoms with Gasteiger partial charge < -0.3 is 5.32 Å². The number of amides is 1. The summed E-state index contributed by atoms with van der Waals surface area (Å²) in [7, 11) is 0. The van der Waals surface area contributed by atoms with Gasteiger partial charge in [0, 0.05) is 24.8 Å². The molecule has 0 heterocycles. The second kappa shape index (κ2) is 3.17. The molecule has 3 aliphatic rings. The quantitative estimate of drug-likeness (QED) is 0.774. The van der Waals surface area contributed by atoms with Crippen LogP contribution in [0.15, 0.2) is 0 Å². The lowest BCUT2D eigenvalue weighted by molar-refractivity contribution is -0.129. The molecule has 0 aliphatic heterocycles. The third kappa shape index (κ3) is 1.82. The summed E-state index contributed by atoms with van der Waals surface area (Å²) in [5.74, 6) is -2.69. The predicted octanol–water partition coefficient (Wildman–Crippen LogP) is 2.48. The molecule has 0 aromatic rings. The van der Waals surface area contributed by atoms with Crippen LogP contribution in [0.2, 0.25) is 0 Å². The topological polar surface area (TPSA) is 29.1 Å². The van der Waals surface area contributed by atoms with Crippen molar-refractivity contribution >= 4 is 5.91 Å². The van der Waals surface area contributed by atoms with Gasteiger partial charge in [0.2, 0.25) is 11.8 Å². The number of hydrogen-bond acceptors (Lipinski definition) is 1. The Bertz CT molecular complexity index is 315. The standard InChI is InChI=1S/C12H17F2NO/c13-12(14)3-1-8(2-4-12)10(16)15-9-7-11(9)5-6-11/h8-9H,1-7H2,(H,15,16)/t9-/m1/s1. The van der Waals surface area contributed by atoms with Crippen LogP contribution in [0.25, 0.3) is 0 Å². The lowest BCUT2D eigenvalue weighted by atomic mass is 9.86. The Morgan fingerprint density at radius 1 is 1.12 bits per heavy atom. The minimum Gasteiger partial charge on any atom is -0.353 e. The highest BCUT2D eigenvalue weighted by atomic mass is 19.3. The van der Waals surface area contributed by atoms with Gasteiger partial charge in [-0.05, 0) is 37.5 Å². The highest BCUT2D eigenvalue weighted by Gasteiger charge is 2.63. The molecule has 0 aromatic heterocycles. The molecule has 0 saturated heterocycles. The van der Waals surface area contributed by atoms with Crippen LogP contribution in [0.3, 0.4) is 0 Å². The highest BCUT2D eigenvalue weighted by molar-refractivity contribution is 5.79. The van der Waals surface area contributed by atoms with Crippen molar-refractivity contribution in [1.82, 2.24) is 5.32 Å². The van der Waals surface area contributed by atoms with E-state index in [1.807, 2.05) is 0 Å². The summed E-state index contributed by atoms with van der Waals surface area (Å²) in [4.78, 5) is 11.8. The van der Waals surface area contributed by atoms with Crippen LogP contribution >= 0.6 is 0 Å². The van der Waals surface area contributed by atoms with E-state index in [0.717, 1.165) is 6.42 Å². The molecule has 3 rings (SSSR count). The molecule has 1 N–H and O–H groups in total. The van der Waals surface area contributed by atoms with Crippen LogP contribution in [0.5, 0.6) is 0 Å². The Hall–Kier alpha value is -0.670. The fraction of sp³-hybridized carbons (Fsp3) is 0.917. The van der Waals surface area contributed by atoms with Crippen molar-refractivity contribution in [3.05, 3.63) is 0 Å². The largest absolute Gasteiger partial charge is 0.353 e. The van der Waals surface area contributed by atoms with Crippen LogP contribution in [0.4, 0.5) is 8.78 Å². The molecule has 2 nitrogen and oxygen atoms in total. The second-order valence-corrected chi connectivity index (χ2v) is 5.76. The Morgan fingerprint density at radius 2 is 1.75 bits per heavy atom. The molecular formula is C12H17F2NO. The Balaban J connectivity index is 1.48. The van der Waals surface area contributed by atoms with Gasteiger partial charge >= 0.3 is 0 Å². The van der Waals surface area contributed by atoms with Gasteiger partial charge in [-0.15, -0.1) is 0 Å². The van der Waals surface area contributed by atoms with Gasteiger partial charge in [0.15, 0.2) is 0 Å². The van der Waals surface area contributed by atoms with Crippen LogP contribution in [-0.4, -0.2) is 17.9 Å². The molecule has 1 amide bonds. The van der Waals surface area contributed by atoms with Crippen molar-refractivity contribution in [3.8, 4) is 0 Å². The Morgan fingerprint density at radius 3 is 2.25 bits per heavy atom. The van der Waals surface area contributed by atoms with Crippen molar-refractivity contribution in [3.63, 3.8) is 0 Å². The smallest absolute Gasteiger partial charge is 0.248 e. The molecule has 0 radical (unpaired) electrons. The summed E-state index contributed by atoms with van der Waals surface area (Å²) >= 11 is 0. The molecule has 1 atom stereocenters. The lowest BCUT2D eigenvalue weighted by Gasteiger charge is -2.27. The first kappa shape index (κ1) is 10.5. The molecule has 0 unspecified atom stereocenters. The summed E-state index contributed by atoms with van der Waals surface area (Å²) in [6.45, 7) is 0. The molecule has 3 aliphatic carbocycles. The Labute approximate surface area is 93.8 Å². The maximum absolute atomic E-state index is 12.9. The van der Waals surface area contributed by atoms with E-state index < -0.39 is 5.92 Å². The minimum absolute atomic E-state index is 0.0178. The normalized spacial score (nSPS) is 34.8. The lowest BCUT2D eigenvalue weighted by Crippen LogP contribution is -2.37. The molecule has 3 saturated carbocycles. The average Bonchev–Trinajstić information content (AvgIpc) is 3.09. The molecular weight excluding hydrogens is 212 g/mol. The summed E-state index contributed by atoms with van der Waals surface area (Å²) in [5, 5.41) is 3.02. The summed E-state index contributed by atoms with van der Waals surface area (Å²) in [5.41, 5.74) is 0.453. The number of halogens is 2. The van der Waals surface area contributed by atoms with Gasteiger partial charge in [-0.2, -0.15) is 0 Å². The van der Waals surface area contributed by atoms with Crippen molar-refractivity contribution in [2.75, 3.05) is 0 Å². The molecule has 0 aromatic carbocycles. The van der Waals surface area contributed by atoms with Gasteiger partial charge in [-0.1, -0.05) is 0 Å². The molecule has 3 fully saturated rings. The van der Waals surface area contributed by atoms with Crippen LogP contribution in [0.1, 0.15) is 44.9 Å². The third-order valence-corrected chi connectivity index (χ3v) is 4.49. The van der Waals surface area contributed by atoms with Crippen LogP contribution < -0.4 is 5.32 Å². The Kier molecular flexibility index (Phi) is 2.08. The number of carbonyl (C=O) groups excluding carboxylic acids is 1. The highest BCUT2D eigenvalue weighted by Crippen LogP contribution is 2.65. The number of nitrogens with one attached hydrogen (secondary N) is 1. The molecule has 1 spiro atoms. The van der Waals surface area contributed by atoms with Gasteiger partial charge in [-0.25, -0.2) is 8.78 Å². The SMILES string of the molecule is O=C(N[C@@H]1CC12CC2)C1CCC(F)(F)CC1. The molecule has 4 heteroatoms. The van der Waals surface area contributed by atoms with Crippen LogP contribution in [-0.2, 0) is 4.79 Å². The number of hydrogen-bond donors (Lipinski definition) is 1. The van der Waals surface area contributed by atoms with Gasteiger partial charge in [0.1, 0.15) is 0 Å². The van der Waals surface area contributed by atoms with E-state index in [0.29, 0.717) is 24.3 Å². The average molecular weight is 229 g/mol. The van der Waals surface area contributed by atoms with Gasteiger partial charge in [-0.3, -0.25) is 4.79 Å². The minimum atomic E-state index is -2.53. The summed E-state index contributed by atoms with van der Waals surface area (Å²) in [6.07, 6.45) is 4.03. The van der Waals surface area contributed by atoms with Crippen molar-refractivity contribution < 1.29 is 13.6 Å². The van der Waals surface area contributed by atoms with Crippen molar-refractivity contribution in [1.29, 1.82) is 0 Å². The van der Waals surface area contributed by atoms with Gasteiger partial charge in [0.25, 0.3) is 0 Å². The second-order valence-electron chi connectivity index (χ2n) is 5.76. The van der Waals surface area contributed by atoms with Crippen molar-refractivity contribution in [2.45, 2.75) is 56.9 Å². The van der Waals surface area contributed by atoms with Crippen molar-refractivity contribution in [2.24, 2.45) is 11.3 Å². The third-order valence-electron chi connectivity index (χ3n) is 4.49. The number of alkyl halides is 2. The van der Waals surface area contributed by atoms with Crippen LogP contribution in [0, 0.1) is 11.3 Å². The van der Waals surface area contributed by atoms with E-state index in [2.05, 4.69) is 5.32 Å². The van der Waals surface area contributed by atoms with E-state index in [1.165, 1.54) is 12.8 Å². The molecule has 0 bridgehead atoms. The van der Waals surface area contributed by atoms with E-state index in [4.69, 9.17) is 0 Å². The first-order valence-electron chi connectivity index (χ1n) is 6.19. The molecule has 90 valence electrons. The van der Waals surface area contributed by atoms with E-state index >= 15 is 0 Å². The number of carbonyl (C=O) groups is 1. The fourth-order valence-electron chi connectivity index (χ4n) is 2.86. The maximum atomic E-state index is 12.9. The fourth-order valence-corrected chi connectivity index (χ4v) is 2.86. The monoisotopic (exact) mass is 229 g/mol. The molecule has 16 heavy (non-hydrogen) atoms. The zero-order chi connectivity index (χ0) is 11.4. The zero-order valence-electron chi connectivity index (χ0n) is 9.27. The van der Waals surface area contributed by atoms with E-state index in [1.54, 1.807) is 0 Å².